The predicted molar refractivity (Wildman–Crippen MR) is 30.4 cm³/mol. The Balaban J connectivity index is 0. The van der Waals surface area contributed by atoms with E-state index in [2.05, 4.69) is 6.58 Å². The molecule has 0 unspecified atom stereocenters. The zero-order valence-electron chi connectivity index (χ0n) is 5.51. The van der Waals surface area contributed by atoms with Gasteiger partial charge in [-0.3, -0.25) is 4.55 Å². The van der Waals surface area contributed by atoms with E-state index < -0.39 is 24.5 Å². The van der Waals surface area contributed by atoms with E-state index in [1.165, 1.54) is 0 Å². The molecule has 0 bridgehead atoms. The van der Waals surface area contributed by atoms with E-state index in [4.69, 9.17) is 4.55 Å². The molecular weight excluding hydrogens is 207 g/mol. The Hall–Kier alpha value is 0.560. The summed E-state index contributed by atoms with van der Waals surface area (Å²) in [6, 6.07) is 0. The molecule has 0 atom stereocenters. The van der Waals surface area contributed by atoms with Gasteiger partial charge in [-0.15, -0.1) is 0 Å². The summed E-state index contributed by atoms with van der Waals surface area (Å²) in [7, 11) is -10.1. The molecule has 60 valence electrons. The average molecular weight is 210 g/mol. The SMILES string of the molecule is C=C(S(=O)(=O)[O-])S(=O)(=O)O.[Na+]. The first kappa shape index (κ1) is 14.1. The van der Waals surface area contributed by atoms with Gasteiger partial charge in [-0.2, -0.15) is 8.42 Å². The van der Waals surface area contributed by atoms with Crippen LogP contribution in [-0.2, 0) is 20.2 Å². The number of hydrogen-bond acceptors (Lipinski definition) is 5. The molecule has 11 heavy (non-hydrogen) atoms. The van der Waals surface area contributed by atoms with Crippen molar-refractivity contribution in [1.29, 1.82) is 0 Å². The van der Waals surface area contributed by atoms with Crippen LogP contribution in [0.2, 0.25) is 0 Å². The normalized spacial score (nSPS) is 11.8. The summed E-state index contributed by atoms with van der Waals surface area (Å²) in [6.45, 7) is 2.36. The fraction of sp³-hybridized carbons (Fsp3) is 0. The smallest absolute Gasteiger partial charge is 0.743 e. The van der Waals surface area contributed by atoms with Crippen LogP contribution in [0, 0.1) is 0 Å². The molecule has 0 amide bonds. The summed E-state index contributed by atoms with van der Waals surface area (Å²) < 4.78 is 55.2. The Morgan fingerprint density at radius 2 is 1.55 bits per heavy atom. The van der Waals surface area contributed by atoms with Gasteiger partial charge in [0.15, 0.2) is 4.24 Å². The maximum Gasteiger partial charge on any atom is 1.00 e. The molecule has 0 aliphatic carbocycles. The predicted octanol–water partition coefficient (Wildman–Crippen LogP) is -4.11. The second-order valence-corrected chi connectivity index (χ2v) is 4.40. The van der Waals surface area contributed by atoms with E-state index in [1.807, 2.05) is 0 Å². The molecule has 0 aliphatic rings. The minimum absolute atomic E-state index is 0. The van der Waals surface area contributed by atoms with Crippen molar-refractivity contribution < 1.29 is 55.5 Å². The molecule has 0 radical (unpaired) electrons. The topological polar surface area (TPSA) is 112 Å². The Labute approximate surface area is 86.1 Å². The zero-order valence-corrected chi connectivity index (χ0v) is 9.15. The summed E-state index contributed by atoms with van der Waals surface area (Å²) in [6.07, 6.45) is 0. The first-order valence-corrected chi connectivity index (χ1v) is 4.63. The summed E-state index contributed by atoms with van der Waals surface area (Å²) in [5.74, 6) is 0. The van der Waals surface area contributed by atoms with Gasteiger partial charge in [0.05, 0.1) is 0 Å². The monoisotopic (exact) mass is 210 g/mol. The van der Waals surface area contributed by atoms with Gasteiger partial charge in [0.1, 0.15) is 10.1 Å². The zero-order chi connectivity index (χ0) is 8.58. The van der Waals surface area contributed by atoms with Crippen LogP contribution >= 0.6 is 0 Å². The average Bonchev–Trinajstić information content (AvgIpc) is 1.59. The number of rotatable bonds is 2. The largest absolute Gasteiger partial charge is 1.00 e. The van der Waals surface area contributed by atoms with Crippen LogP contribution in [0.4, 0.5) is 0 Å². The molecule has 0 saturated heterocycles. The van der Waals surface area contributed by atoms with E-state index in [9.17, 15) is 21.4 Å². The molecule has 0 aromatic carbocycles. The van der Waals surface area contributed by atoms with Crippen molar-refractivity contribution in [2.75, 3.05) is 0 Å². The Kier molecular flexibility index (Phi) is 5.11. The van der Waals surface area contributed by atoms with E-state index in [0.717, 1.165) is 0 Å². The second kappa shape index (κ2) is 3.99. The molecule has 0 rings (SSSR count). The third-order valence-corrected chi connectivity index (χ3v) is 2.94. The second-order valence-electron chi connectivity index (χ2n) is 1.30. The molecule has 0 heterocycles. The molecule has 0 spiro atoms. The minimum Gasteiger partial charge on any atom is -0.743 e. The van der Waals surface area contributed by atoms with Crippen LogP contribution in [0.15, 0.2) is 10.8 Å². The number of hydrogen-bond donors (Lipinski definition) is 1. The van der Waals surface area contributed by atoms with Crippen molar-refractivity contribution in [2.45, 2.75) is 0 Å². The van der Waals surface area contributed by atoms with Crippen molar-refractivity contribution in [3.8, 4) is 0 Å². The Morgan fingerprint density at radius 1 is 1.27 bits per heavy atom. The van der Waals surface area contributed by atoms with Crippen LogP contribution in [0.5, 0.6) is 0 Å². The molecule has 9 heteroatoms. The Morgan fingerprint density at radius 3 is 1.55 bits per heavy atom. The van der Waals surface area contributed by atoms with Crippen molar-refractivity contribution in [1.82, 2.24) is 0 Å². The van der Waals surface area contributed by atoms with E-state index >= 15 is 0 Å². The van der Waals surface area contributed by atoms with Gasteiger partial charge >= 0.3 is 39.7 Å². The van der Waals surface area contributed by atoms with Crippen LogP contribution in [0.1, 0.15) is 0 Å². The minimum atomic E-state index is -5.14. The summed E-state index contributed by atoms with van der Waals surface area (Å²) in [4.78, 5) is 0. The molecular formula is C2H3NaO6S2. The van der Waals surface area contributed by atoms with Gasteiger partial charge in [0.2, 0.25) is 0 Å². The van der Waals surface area contributed by atoms with Crippen molar-refractivity contribution in [2.24, 2.45) is 0 Å². The summed E-state index contributed by atoms with van der Waals surface area (Å²) in [5.41, 5.74) is 0. The molecule has 6 nitrogen and oxygen atoms in total. The fourth-order valence-corrected chi connectivity index (χ4v) is 1.16. The van der Waals surface area contributed by atoms with E-state index in [1.54, 1.807) is 0 Å². The van der Waals surface area contributed by atoms with E-state index in [0.29, 0.717) is 0 Å². The molecule has 1 N–H and O–H groups in total. The van der Waals surface area contributed by atoms with Crippen molar-refractivity contribution >= 4 is 20.2 Å². The maximum absolute atomic E-state index is 9.85. The molecule has 0 saturated carbocycles. The maximum atomic E-state index is 9.85. The van der Waals surface area contributed by atoms with Gasteiger partial charge < -0.3 is 4.55 Å². The van der Waals surface area contributed by atoms with Crippen LogP contribution in [-0.4, -0.2) is 25.9 Å². The summed E-state index contributed by atoms with van der Waals surface area (Å²) in [5, 5.41) is 0. The first-order valence-electron chi connectivity index (χ1n) is 1.78. The van der Waals surface area contributed by atoms with Crippen molar-refractivity contribution in [3.05, 3.63) is 10.8 Å². The third kappa shape index (κ3) is 4.90. The van der Waals surface area contributed by atoms with Crippen LogP contribution in [0.3, 0.4) is 0 Å². The molecule has 0 aromatic rings. The standard InChI is InChI=1S/C2H4O6S2.Na/c1-2(9(3,4)5)10(6,7)8;/h1H2,(H,3,4,5)(H,6,7,8);/q;+1/p-1. The van der Waals surface area contributed by atoms with E-state index in [-0.39, 0.29) is 29.6 Å². The van der Waals surface area contributed by atoms with Gasteiger partial charge in [-0.25, -0.2) is 8.42 Å². The van der Waals surface area contributed by atoms with Gasteiger partial charge in [-0.05, 0) is 0 Å². The van der Waals surface area contributed by atoms with Crippen LogP contribution in [0.25, 0.3) is 0 Å². The molecule has 0 aromatic heterocycles. The fourth-order valence-electron chi connectivity index (χ4n) is 0.129. The first-order chi connectivity index (χ1) is 4.15. The third-order valence-electron chi connectivity index (χ3n) is 0.567. The molecule has 0 fully saturated rings. The van der Waals surface area contributed by atoms with Crippen LogP contribution < -0.4 is 29.6 Å². The quantitative estimate of drug-likeness (QED) is 0.366. The Bertz CT molecular complexity index is 301. The van der Waals surface area contributed by atoms with Gasteiger partial charge in [0.25, 0.3) is 0 Å². The van der Waals surface area contributed by atoms with Gasteiger partial charge in [-0.1, -0.05) is 6.58 Å². The van der Waals surface area contributed by atoms with Crippen molar-refractivity contribution in [3.63, 3.8) is 0 Å². The van der Waals surface area contributed by atoms with Gasteiger partial charge in [0, 0.05) is 0 Å². The summed E-state index contributed by atoms with van der Waals surface area (Å²) >= 11 is 0. The molecule has 0 aliphatic heterocycles.